The van der Waals surface area contributed by atoms with Gasteiger partial charge in [0.2, 0.25) is 5.91 Å². The average molecular weight is 329 g/mol. The van der Waals surface area contributed by atoms with E-state index in [1.165, 1.54) is 0 Å². The van der Waals surface area contributed by atoms with Crippen molar-refractivity contribution in [1.82, 2.24) is 5.32 Å². The van der Waals surface area contributed by atoms with Crippen molar-refractivity contribution in [2.24, 2.45) is 5.92 Å². The Morgan fingerprint density at radius 3 is 2.17 bits per heavy atom. The van der Waals surface area contributed by atoms with Gasteiger partial charge in [-0.2, -0.15) is 0 Å². The fraction of sp³-hybridized carbons (Fsp3) is 0.333. The third kappa shape index (κ3) is 5.15. The van der Waals surface area contributed by atoms with E-state index in [9.17, 15) is 9.59 Å². The molecule has 0 fully saturated rings. The van der Waals surface area contributed by atoms with Crippen molar-refractivity contribution in [3.05, 3.63) is 48.4 Å². The van der Waals surface area contributed by atoms with Crippen molar-refractivity contribution >= 4 is 23.3 Å². The summed E-state index contributed by atoms with van der Waals surface area (Å²) < 4.78 is 5.14. The molecule has 0 aliphatic rings. The maximum absolute atomic E-state index is 12.0. The summed E-state index contributed by atoms with van der Waals surface area (Å²) in [5, 5.41) is 8.31. The Kier molecular flexibility index (Phi) is 6.42. The second-order valence-electron chi connectivity index (χ2n) is 5.47. The summed E-state index contributed by atoms with van der Waals surface area (Å²) in [5.41, 5.74) is 1.36. The zero-order valence-electron chi connectivity index (χ0n) is 14.0. The van der Waals surface area contributed by atoms with E-state index in [-0.39, 0.29) is 17.9 Å². The molecule has 3 N–H and O–H groups in total. The van der Waals surface area contributed by atoms with Gasteiger partial charge in [-0.1, -0.05) is 13.8 Å². The molecule has 1 aromatic carbocycles. The molecule has 2 aromatic rings. The molecule has 24 heavy (non-hydrogen) atoms. The van der Waals surface area contributed by atoms with Crippen LogP contribution in [0.15, 0.2) is 47.1 Å². The van der Waals surface area contributed by atoms with Crippen molar-refractivity contribution in [2.75, 3.05) is 10.6 Å². The molecule has 6 nitrogen and oxygen atoms in total. The Balaban J connectivity index is 1.83. The monoisotopic (exact) mass is 329 g/mol. The van der Waals surface area contributed by atoms with Crippen molar-refractivity contribution in [3.8, 4) is 0 Å². The largest absolute Gasteiger partial charge is 0.467 e. The lowest BCUT2D eigenvalue weighted by atomic mass is 10.0. The number of anilines is 2. The van der Waals surface area contributed by atoms with Crippen LogP contribution in [0.4, 0.5) is 16.2 Å². The number of nitrogens with one attached hydrogen (secondary N) is 3. The summed E-state index contributed by atoms with van der Waals surface area (Å²) in [5.74, 6) is 0.733. The zero-order chi connectivity index (χ0) is 17.4. The molecule has 0 radical (unpaired) electrons. The molecule has 1 aromatic heterocycles. The fourth-order valence-electron chi connectivity index (χ4n) is 2.30. The van der Waals surface area contributed by atoms with Crippen LogP contribution in [0.1, 0.15) is 32.4 Å². The van der Waals surface area contributed by atoms with E-state index in [1.807, 2.05) is 13.8 Å². The lowest BCUT2D eigenvalue weighted by Crippen LogP contribution is -2.28. The summed E-state index contributed by atoms with van der Waals surface area (Å²) in [6, 6.07) is 10.3. The highest BCUT2D eigenvalue weighted by Crippen LogP contribution is 2.16. The number of hydrogen-bond acceptors (Lipinski definition) is 3. The second-order valence-corrected chi connectivity index (χ2v) is 5.47. The Morgan fingerprint density at radius 2 is 1.62 bits per heavy atom. The van der Waals surface area contributed by atoms with Crippen LogP contribution in [0.5, 0.6) is 0 Å². The van der Waals surface area contributed by atoms with E-state index in [0.717, 1.165) is 12.8 Å². The van der Waals surface area contributed by atoms with Crippen LogP contribution in [-0.2, 0) is 11.3 Å². The van der Waals surface area contributed by atoms with Gasteiger partial charge in [-0.25, -0.2) is 4.79 Å². The van der Waals surface area contributed by atoms with Gasteiger partial charge in [0.1, 0.15) is 5.76 Å². The minimum absolute atomic E-state index is 0.0233. The zero-order valence-corrected chi connectivity index (χ0v) is 14.0. The van der Waals surface area contributed by atoms with E-state index in [0.29, 0.717) is 23.7 Å². The van der Waals surface area contributed by atoms with E-state index < -0.39 is 0 Å². The van der Waals surface area contributed by atoms with Crippen molar-refractivity contribution in [2.45, 2.75) is 33.2 Å². The number of carbonyl (C=O) groups is 2. The van der Waals surface area contributed by atoms with Crippen LogP contribution in [0.3, 0.4) is 0 Å². The number of urea groups is 1. The molecule has 0 spiro atoms. The molecule has 3 amide bonds. The first-order valence-corrected chi connectivity index (χ1v) is 8.10. The minimum Gasteiger partial charge on any atom is -0.467 e. The number of carbonyl (C=O) groups excluding carboxylic acids is 2. The Bertz CT molecular complexity index is 647. The van der Waals surface area contributed by atoms with Gasteiger partial charge in [0.05, 0.1) is 12.8 Å². The second kappa shape index (κ2) is 8.76. The topological polar surface area (TPSA) is 83.4 Å². The number of furan rings is 1. The van der Waals surface area contributed by atoms with Crippen LogP contribution in [-0.4, -0.2) is 11.9 Å². The summed E-state index contributed by atoms with van der Waals surface area (Å²) in [6.45, 7) is 4.33. The molecule has 1 heterocycles. The molecule has 0 bridgehead atoms. The predicted molar refractivity (Wildman–Crippen MR) is 93.7 cm³/mol. The number of amides is 3. The van der Waals surface area contributed by atoms with Gasteiger partial charge in [0.25, 0.3) is 0 Å². The van der Waals surface area contributed by atoms with Gasteiger partial charge < -0.3 is 20.4 Å². The normalized spacial score (nSPS) is 10.5. The Morgan fingerprint density at radius 1 is 1.00 bits per heavy atom. The molecule has 0 aliphatic heterocycles. The molecule has 0 unspecified atom stereocenters. The first-order valence-electron chi connectivity index (χ1n) is 8.10. The summed E-state index contributed by atoms with van der Waals surface area (Å²) in [7, 11) is 0. The lowest BCUT2D eigenvalue weighted by molar-refractivity contribution is -0.120. The van der Waals surface area contributed by atoms with Crippen molar-refractivity contribution in [3.63, 3.8) is 0 Å². The molecule has 0 saturated carbocycles. The lowest BCUT2D eigenvalue weighted by Gasteiger charge is -2.13. The van der Waals surface area contributed by atoms with Crippen LogP contribution < -0.4 is 16.0 Å². The standard InChI is InChI=1S/C18H23N3O3/c1-3-13(4-2)17(22)20-14-7-9-15(10-8-14)21-18(23)19-12-16-6-5-11-24-16/h5-11,13H,3-4,12H2,1-2H3,(H,20,22)(H2,19,21,23). The number of benzene rings is 1. The number of hydrogen-bond donors (Lipinski definition) is 3. The maximum Gasteiger partial charge on any atom is 0.319 e. The van der Waals surface area contributed by atoms with E-state index in [2.05, 4.69) is 16.0 Å². The highest BCUT2D eigenvalue weighted by atomic mass is 16.3. The highest BCUT2D eigenvalue weighted by Gasteiger charge is 2.14. The van der Waals surface area contributed by atoms with E-state index in [1.54, 1.807) is 42.7 Å². The van der Waals surface area contributed by atoms with E-state index >= 15 is 0 Å². The number of rotatable bonds is 7. The van der Waals surface area contributed by atoms with Gasteiger partial charge in [0, 0.05) is 17.3 Å². The van der Waals surface area contributed by atoms with Crippen LogP contribution in [0, 0.1) is 5.92 Å². The minimum atomic E-state index is -0.319. The third-order valence-corrected chi connectivity index (χ3v) is 3.77. The molecule has 128 valence electrons. The molecule has 0 saturated heterocycles. The summed E-state index contributed by atoms with van der Waals surface area (Å²) >= 11 is 0. The summed E-state index contributed by atoms with van der Waals surface area (Å²) in [6.07, 6.45) is 3.19. The first-order chi connectivity index (χ1) is 11.6. The van der Waals surface area contributed by atoms with Gasteiger partial charge >= 0.3 is 6.03 Å². The Labute approximate surface area is 141 Å². The molecule has 2 rings (SSSR count). The van der Waals surface area contributed by atoms with Crippen molar-refractivity contribution in [1.29, 1.82) is 0 Å². The molecular formula is C18H23N3O3. The maximum atomic E-state index is 12.0. The van der Waals surface area contributed by atoms with E-state index in [4.69, 9.17) is 4.42 Å². The van der Waals surface area contributed by atoms with Gasteiger partial charge in [-0.05, 0) is 49.2 Å². The van der Waals surface area contributed by atoms with Gasteiger partial charge in [-0.3, -0.25) is 4.79 Å². The summed E-state index contributed by atoms with van der Waals surface area (Å²) in [4.78, 5) is 23.8. The quantitative estimate of drug-likeness (QED) is 0.718. The predicted octanol–water partition coefficient (Wildman–Crippen LogP) is 3.98. The fourth-order valence-corrected chi connectivity index (χ4v) is 2.30. The SMILES string of the molecule is CCC(CC)C(=O)Nc1ccc(NC(=O)NCc2ccco2)cc1. The molecule has 0 aliphatic carbocycles. The Hall–Kier alpha value is -2.76. The first kappa shape index (κ1) is 17.6. The molecular weight excluding hydrogens is 306 g/mol. The van der Waals surface area contributed by atoms with Crippen LogP contribution >= 0.6 is 0 Å². The highest BCUT2D eigenvalue weighted by molar-refractivity contribution is 5.93. The van der Waals surface area contributed by atoms with Gasteiger partial charge in [-0.15, -0.1) is 0 Å². The smallest absolute Gasteiger partial charge is 0.319 e. The molecule has 6 heteroatoms. The van der Waals surface area contributed by atoms with Crippen LogP contribution in [0.2, 0.25) is 0 Å². The van der Waals surface area contributed by atoms with Gasteiger partial charge in [0.15, 0.2) is 0 Å². The third-order valence-electron chi connectivity index (χ3n) is 3.77. The average Bonchev–Trinajstić information content (AvgIpc) is 3.09. The molecule has 0 atom stereocenters. The van der Waals surface area contributed by atoms with Crippen LogP contribution in [0.25, 0.3) is 0 Å². The van der Waals surface area contributed by atoms with Crippen molar-refractivity contribution < 1.29 is 14.0 Å².